The first-order valence-corrected chi connectivity index (χ1v) is 11.1. The Balaban J connectivity index is 2.69. The number of nitrogens with zero attached hydrogens (tertiary/aromatic N) is 3. The summed E-state index contributed by atoms with van der Waals surface area (Å²) in [6.07, 6.45) is 5.07. The van der Waals surface area contributed by atoms with Gasteiger partial charge in [-0.3, -0.25) is 4.79 Å². The zero-order chi connectivity index (χ0) is 26.2. The number of unbranched alkanes of at least 4 members (excludes halogenated alkanes) is 1. The summed E-state index contributed by atoms with van der Waals surface area (Å²) in [5.41, 5.74) is 2.22. The van der Waals surface area contributed by atoms with Crippen LogP contribution in [0.5, 0.6) is 0 Å². The Morgan fingerprint density at radius 3 is 2.49 bits per heavy atom. The molecule has 0 bridgehead atoms. The number of carboxylic acid groups (broad SMARTS) is 1. The van der Waals surface area contributed by atoms with Crippen molar-refractivity contribution >= 4 is 35.7 Å². The number of Topliss-reactive ketones (excluding diaryl/α,β-unsaturated/α-hetero) is 1. The SMILES string of the molecule is CCCCOC(=O)N(N)[C@](C(C)=O)(C(=O)O)C(CN)(C1=CCC(=NOC(C)=O)C=C1)C1CC=NO1. The Morgan fingerprint density at radius 2 is 2.03 bits per heavy atom. The minimum atomic E-state index is -2.72. The van der Waals surface area contributed by atoms with E-state index in [-0.39, 0.29) is 25.0 Å². The zero-order valence-corrected chi connectivity index (χ0v) is 19.9. The second kappa shape index (κ2) is 11.7. The molecule has 5 N–H and O–H groups in total. The van der Waals surface area contributed by atoms with E-state index < -0.39 is 47.4 Å². The van der Waals surface area contributed by atoms with Crippen LogP contribution in [-0.2, 0) is 28.8 Å². The number of rotatable bonds is 11. The van der Waals surface area contributed by atoms with Crippen LogP contribution in [0.1, 0.15) is 46.5 Å². The van der Waals surface area contributed by atoms with E-state index in [2.05, 4.69) is 15.1 Å². The number of oxime groups is 2. The highest BCUT2D eigenvalue weighted by molar-refractivity contribution is 6.11. The third-order valence-corrected chi connectivity index (χ3v) is 5.99. The topological polar surface area (TPSA) is 196 Å². The summed E-state index contributed by atoms with van der Waals surface area (Å²) in [4.78, 5) is 60.2. The average molecular weight is 494 g/mol. The maximum atomic E-state index is 13.2. The molecule has 0 saturated carbocycles. The fourth-order valence-corrected chi connectivity index (χ4v) is 4.33. The van der Waals surface area contributed by atoms with E-state index in [1.54, 1.807) is 6.08 Å². The van der Waals surface area contributed by atoms with Gasteiger partial charge in [0.2, 0.25) is 5.54 Å². The van der Waals surface area contributed by atoms with Crippen LogP contribution in [-0.4, -0.2) is 70.7 Å². The zero-order valence-electron chi connectivity index (χ0n) is 19.9. The van der Waals surface area contributed by atoms with E-state index in [0.29, 0.717) is 23.6 Å². The molecule has 13 heteroatoms. The van der Waals surface area contributed by atoms with Crippen LogP contribution in [0, 0.1) is 5.41 Å². The Bertz CT molecular complexity index is 951. The molecule has 0 aromatic rings. The molecule has 3 atom stereocenters. The number of hydrogen-bond donors (Lipinski definition) is 3. The van der Waals surface area contributed by atoms with E-state index in [1.165, 1.54) is 25.3 Å². The number of amides is 1. The number of aliphatic carboxylic acids is 1. The summed E-state index contributed by atoms with van der Waals surface area (Å²) in [6, 6.07) is 0. The lowest BCUT2D eigenvalue weighted by Gasteiger charge is -2.51. The Labute approximate surface area is 202 Å². The molecule has 0 aromatic carbocycles. The number of hydrazine groups is 1. The van der Waals surface area contributed by atoms with Gasteiger partial charge in [0.25, 0.3) is 0 Å². The van der Waals surface area contributed by atoms with E-state index in [4.69, 9.17) is 21.2 Å². The molecule has 35 heavy (non-hydrogen) atoms. The van der Waals surface area contributed by atoms with Crippen molar-refractivity contribution in [1.82, 2.24) is 5.01 Å². The molecule has 0 radical (unpaired) electrons. The number of ketones is 1. The van der Waals surface area contributed by atoms with Crippen LogP contribution in [0.4, 0.5) is 4.79 Å². The first-order valence-electron chi connectivity index (χ1n) is 11.1. The van der Waals surface area contributed by atoms with Crippen LogP contribution in [0.25, 0.3) is 0 Å². The number of carbonyl (C=O) groups is 4. The van der Waals surface area contributed by atoms with Crippen LogP contribution in [0.15, 0.2) is 34.1 Å². The van der Waals surface area contributed by atoms with E-state index in [9.17, 15) is 24.3 Å². The normalized spacial score (nSPS) is 21.3. The molecule has 1 amide bonds. The maximum Gasteiger partial charge on any atom is 0.425 e. The van der Waals surface area contributed by atoms with Gasteiger partial charge in [0.15, 0.2) is 5.78 Å². The number of nitrogens with two attached hydrogens (primary N) is 2. The van der Waals surface area contributed by atoms with Gasteiger partial charge in [-0.25, -0.2) is 25.2 Å². The molecule has 0 fully saturated rings. The van der Waals surface area contributed by atoms with Crippen molar-refractivity contribution in [2.75, 3.05) is 13.2 Å². The Hall–Kier alpha value is -3.58. The van der Waals surface area contributed by atoms with Crippen molar-refractivity contribution in [1.29, 1.82) is 0 Å². The molecule has 13 nitrogen and oxygen atoms in total. The van der Waals surface area contributed by atoms with Crippen molar-refractivity contribution in [3.8, 4) is 0 Å². The number of carbonyl (C=O) groups excluding carboxylic acids is 3. The van der Waals surface area contributed by atoms with Crippen LogP contribution < -0.4 is 11.6 Å². The smallest absolute Gasteiger partial charge is 0.425 e. The van der Waals surface area contributed by atoms with Crippen LogP contribution >= 0.6 is 0 Å². The second-order valence-electron chi connectivity index (χ2n) is 8.07. The van der Waals surface area contributed by atoms with Crippen molar-refractivity contribution in [3.05, 3.63) is 23.8 Å². The molecule has 1 heterocycles. The quantitative estimate of drug-likeness (QED) is 0.0933. The van der Waals surface area contributed by atoms with Crippen molar-refractivity contribution < 1.29 is 38.7 Å². The first-order chi connectivity index (χ1) is 16.6. The molecule has 0 aromatic heterocycles. The number of allylic oxidation sites excluding steroid dienone is 3. The highest BCUT2D eigenvalue weighted by atomic mass is 16.7. The van der Waals surface area contributed by atoms with Gasteiger partial charge in [0.1, 0.15) is 6.10 Å². The number of carboxylic acids is 1. The van der Waals surface area contributed by atoms with Gasteiger partial charge in [-0.2, -0.15) is 0 Å². The maximum absolute atomic E-state index is 13.2. The predicted octanol–water partition coefficient (Wildman–Crippen LogP) is 1.04. The minimum absolute atomic E-state index is 0.0200. The van der Waals surface area contributed by atoms with Gasteiger partial charge in [-0.05, 0) is 25.0 Å². The molecule has 2 aliphatic rings. The summed E-state index contributed by atoms with van der Waals surface area (Å²) >= 11 is 0. The van der Waals surface area contributed by atoms with E-state index in [1.807, 2.05) is 6.92 Å². The largest absolute Gasteiger partial charge is 0.479 e. The minimum Gasteiger partial charge on any atom is -0.479 e. The van der Waals surface area contributed by atoms with Crippen LogP contribution in [0.2, 0.25) is 0 Å². The Kier molecular flexibility index (Phi) is 9.25. The van der Waals surface area contributed by atoms with E-state index in [0.717, 1.165) is 6.92 Å². The predicted molar refractivity (Wildman–Crippen MR) is 124 cm³/mol. The molecule has 2 unspecified atom stereocenters. The molecule has 1 aliphatic carbocycles. The second-order valence-corrected chi connectivity index (χ2v) is 8.07. The van der Waals surface area contributed by atoms with Gasteiger partial charge < -0.3 is 25.3 Å². The standard InChI is InChI=1S/C22H31N5O8/c1-4-5-12-33-20(32)27(24)22(14(2)28,19(30)31)21(13-23,18-10-11-25-35-18)16-6-8-17(9-7-16)26-34-15(3)29/h6-8,11,18H,4-5,9-10,12-13,23-24H2,1-3H3,(H,30,31)/t18?,21?,22-/m1/s1. The molecule has 192 valence electrons. The summed E-state index contributed by atoms with van der Waals surface area (Å²) in [7, 11) is 0. The van der Waals surface area contributed by atoms with Crippen molar-refractivity contribution in [3.63, 3.8) is 0 Å². The molecular weight excluding hydrogens is 462 g/mol. The fraction of sp³-hybridized carbons (Fsp3) is 0.545. The summed E-state index contributed by atoms with van der Waals surface area (Å²) < 4.78 is 5.14. The van der Waals surface area contributed by atoms with Gasteiger partial charge >= 0.3 is 18.0 Å². The molecule has 2 rings (SSSR count). The lowest BCUT2D eigenvalue weighted by molar-refractivity contribution is -0.173. The third-order valence-electron chi connectivity index (χ3n) is 5.99. The van der Waals surface area contributed by atoms with Crippen molar-refractivity contribution in [2.45, 2.75) is 58.1 Å². The van der Waals surface area contributed by atoms with Gasteiger partial charge in [0, 0.05) is 32.5 Å². The fourth-order valence-electron chi connectivity index (χ4n) is 4.33. The molecular formula is C22H31N5O8. The van der Waals surface area contributed by atoms with Gasteiger partial charge in [-0.1, -0.05) is 35.8 Å². The third kappa shape index (κ3) is 5.10. The molecule has 1 aliphatic heterocycles. The van der Waals surface area contributed by atoms with Gasteiger partial charge in [-0.15, -0.1) is 0 Å². The number of hydrogen-bond acceptors (Lipinski definition) is 11. The monoisotopic (exact) mass is 493 g/mol. The van der Waals surface area contributed by atoms with Crippen molar-refractivity contribution in [2.24, 2.45) is 27.3 Å². The van der Waals surface area contributed by atoms with Gasteiger partial charge in [0.05, 0.1) is 17.7 Å². The highest BCUT2D eigenvalue weighted by Crippen LogP contribution is 2.49. The lowest BCUT2D eigenvalue weighted by Crippen LogP contribution is -2.77. The average Bonchev–Trinajstić information content (AvgIpc) is 3.36. The molecule has 0 spiro atoms. The summed E-state index contributed by atoms with van der Waals surface area (Å²) in [5, 5.41) is 18.3. The number of ether oxygens (including phenoxy) is 1. The van der Waals surface area contributed by atoms with Crippen LogP contribution in [0.3, 0.4) is 0 Å². The Morgan fingerprint density at radius 1 is 1.31 bits per heavy atom. The first kappa shape index (κ1) is 27.7. The molecule has 0 saturated heterocycles. The summed E-state index contributed by atoms with van der Waals surface area (Å²) in [5.74, 6) is 2.81. The lowest BCUT2D eigenvalue weighted by atomic mass is 9.58. The highest BCUT2D eigenvalue weighted by Gasteiger charge is 2.70. The van der Waals surface area contributed by atoms with E-state index >= 15 is 0 Å². The summed E-state index contributed by atoms with van der Waals surface area (Å²) in [6.45, 7) is 3.60.